The standard InChI is InChI=1S/C9H10O.C4H11N/c1-8(10)7-9-5-3-2-4-6-9;1-3-5-4-2/h2-6H,7H2,1H3;5H,3-4H2,1-2H3. The Kier molecular flexibility index (Phi) is 8.69. The van der Waals surface area contributed by atoms with E-state index in [-0.39, 0.29) is 5.78 Å². The molecule has 1 N–H and O–H groups in total. The molecule has 0 bridgehead atoms. The van der Waals surface area contributed by atoms with Gasteiger partial charge in [-0.25, -0.2) is 0 Å². The van der Waals surface area contributed by atoms with Gasteiger partial charge in [0, 0.05) is 6.42 Å². The Labute approximate surface area is 92.7 Å². The first-order chi connectivity index (χ1) is 7.20. The average Bonchev–Trinajstić information content (AvgIpc) is 2.20. The van der Waals surface area contributed by atoms with E-state index in [1.807, 2.05) is 30.3 Å². The Morgan fingerprint density at radius 1 is 1.13 bits per heavy atom. The Balaban J connectivity index is 0.000000336. The van der Waals surface area contributed by atoms with Crippen LogP contribution in [0.5, 0.6) is 0 Å². The highest BCUT2D eigenvalue weighted by atomic mass is 16.1. The second kappa shape index (κ2) is 9.41. The van der Waals surface area contributed by atoms with Crippen LogP contribution >= 0.6 is 0 Å². The van der Waals surface area contributed by atoms with Crippen molar-refractivity contribution in [2.45, 2.75) is 27.2 Å². The van der Waals surface area contributed by atoms with Crippen molar-refractivity contribution in [1.29, 1.82) is 0 Å². The monoisotopic (exact) mass is 207 g/mol. The molecule has 0 saturated heterocycles. The van der Waals surface area contributed by atoms with E-state index in [9.17, 15) is 4.79 Å². The van der Waals surface area contributed by atoms with Gasteiger partial charge < -0.3 is 5.32 Å². The molecule has 0 aromatic heterocycles. The number of ketones is 1. The number of nitrogens with one attached hydrogen (secondary N) is 1. The molecule has 0 atom stereocenters. The van der Waals surface area contributed by atoms with Gasteiger partial charge in [-0.15, -0.1) is 0 Å². The zero-order valence-corrected chi connectivity index (χ0v) is 9.92. The predicted molar refractivity (Wildman–Crippen MR) is 65.0 cm³/mol. The molecule has 0 radical (unpaired) electrons. The first kappa shape index (κ1) is 13.8. The minimum absolute atomic E-state index is 0.214. The molecule has 1 rings (SSSR count). The molecule has 2 nitrogen and oxygen atoms in total. The van der Waals surface area contributed by atoms with Crippen molar-refractivity contribution >= 4 is 5.78 Å². The van der Waals surface area contributed by atoms with E-state index in [1.54, 1.807) is 6.92 Å². The summed E-state index contributed by atoms with van der Waals surface area (Å²) < 4.78 is 0. The molecule has 1 aromatic carbocycles. The summed E-state index contributed by atoms with van der Waals surface area (Å²) in [5, 5.41) is 3.11. The van der Waals surface area contributed by atoms with Crippen LogP contribution in [-0.4, -0.2) is 18.9 Å². The fraction of sp³-hybridized carbons (Fsp3) is 0.462. The number of benzene rings is 1. The van der Waals surface area contributed by atoms with Crippen LogP contribution in [0.3, 0.4) is 0 Å². The van der Waals surface area contributed by atoms with Crippen LogP contribution in [0.15, 0.2) is 30.3 Å². The highest BCUT2D eigenvalue weighted by Crippen LogP contribution is 1.98. The maximum Gasteiger partial charge on any atom is 0.134 e. The SMILES string of the molecule is CC(=O)Cc1ccccc1.CCNCC. The number of Topliss-reactive ketones (excluding diaryl/α,β-unsaturated/α-hetero) is 1. The van der Waals surface area contributed by atoms with E-state index >= 15 is 0 Å². The van der Waals surface area contributed by atoms with E-state index in [2.05, 4.69) is 19.2 Å². The van der Waals surface area contributed by atoms with Crippen LogP contribution in [0.1, 0.15) is 26.3 Å². The van der Waals surface area contributed by atoms with Gasteiger partial charge in [0.25, 0.3) is 0 Å². The lowest BCUT2D eigenvalue weighted by molar-refractivity contribution is -0.116. The van der Waals surface area contributed by atoms with Crippen LogP contribution in [0.2, 0.25) is 0 Å². The minimum Gasteiger partial charge on any atom is -0.317 e. The zero-order valence-electron chi connectivity index (χ0n) is 9.92. The first-order valence-electron chi connectivity index (χ1n) is 5.44. The molecule has 0 amide bonds. The average molecular weight is 207 g/mol. The van der Waals surface area contributed by atoms with Crippen LogP contribution in [-0.2, 0) is 11.2 Å². The summed E-state index contributed by atoms with van der Waals surface area (Å²) in [4.78, 5) is 10.6. The maximum atomic E-state index is 10.6. The summed E-state index contributed by atoms with van der Waals surface area (Å²) in [5.41, 5.74) is 1.09. The summed E-state index contributed by atoms with van der Waals surface area (Å²) >= 11 is 0. The number of carbonyl (C=O) groups is 1. The molecule has 0 saturated carbocycles. The van der Waals surface area contributed by atoms with E-state index in [0.717, 1.165) is 18.7 Å². The molecular formula is C13H21NO. The second-order valence-corrected chi connectivity index (χ2v) is 3.32. The van der Waals surface area contributed by atoms with E-state index in [4.69, 9.17) is 0 Å². The zero-order chi connectivity index (χ0) is 11.5. The maximum absolute atomic E-state index is 10.6. The quantitative estimate of drug-likeness (QED) is 0.821. The van der Waals surface area contributed by atoms with Crippen LogP contribution in [0, 0.1) is 0 Å². The van der Waals surface area contributed by atoms with Gasteiger partial charge in [-0.2, -0.15) is 0 Å². The van der Waals surface area contributed by atoms with Crippen LogP contribution in [0.4, 0.5) is 0 Å². The molecule has 0 fully saturated rings. The molecule has 0 unspecified atom stereocenters. The lowest BCUT2D eigenvalue weighted by Gasteiger charge is -1.93. The number of carbonyl (C=O) groups excluding carboxylic acids is 1. The predicted octanol–water partition coefficient (Wildman–Crippen LogP) is 2.43. The highest BCUT2D eigenvalue weighted by molar-refractivity contribution is 5.78. The Hall–Kier alpha value is -1.15. The summed E-state index contributed by atoms with van der Waals surface area (Å²) in [7, 11) is 0. The fourth-order valence-electron chi connectivity index (χ4n) is 1.13. The molecule has 0 spiro atoms. The molecule has 15 heavy (non-hydrogen) atoms. The lowest BCUT2D eigenvalue weighted by Crippen LogP contribution is -2.09. The van der Waals surface area contributed by atoms with Gasteiger partial charge >= 0.3 is 0 Å². The third-order valence-electron chi connectivity index (χ3n) is 1.80. The van der Waals surface area contributed by atoms with Crippen molar-refractivity contribution in [3.8, 4) is 0 Å². The first-order valence-corrected chi connectivity index (χ1v) is 5.44. The lowest BCUT2D eigenvalue weighted by atomic mass is 10.1. The fourth-order valence-corrected chi connectivity index (χ4v) is 1.13. The molecule has 0 aliphatic heterocycles. The van der Waals surface area contributed by atoms with Crippen molar-refractivity contribution in [2.24, 2.45) is 0 Å². The molecule has 84 valence electrons. The topological polar surface area (TPSA) is 29.1 Å². The Bertz CT molecular complexity index is 254. The smallest absolute Gasteiger partial charge is 0.134 e. The summed E-state index contributed by atoms with van der Waals surface area (Å²) in [5.74, 6) is 0.214. The summed E-state index contributed by atoms with van der Waals surface area (Å²) in [6.07, 6.45) is 0.556. The normalized spacial score (nSPS) is 9.00. The van der Waals surface area contributed by atoms with Gasteiger partial charge in [-0.3, -0.25) is 4.79 Å². The van der Waals surface area contributed by atoms with Gasteiger partial charge in [-0.1, -0.05) is 44.2 Å². The van der Waals surface area contributed by atoms with Gasteiger partial charge in [0.05, 0.1) is 0 Å². The molecule has 2 heteroatoms. The second-order valence-electron chi connectivity index (χ2n) is 3.32. The van der Waals surface area contributed by atoms with Gasteiger partial charge in [0.1, 0.15) is 5.78 Å². The molecule has 0 aliphatic carbocycles. The van der Waals surface area contributed by atoms with E-state index in [1.165, 1.54) is 0 Å². The van der Waals surface area contributed by atoms with E-state index < -0.39 is 0 Å². The molecular weight excluding hydrogens is 186 g/mol. The van der Waals surface area contributed by atoms with Crippen molar-refractivity contribution in [1.82, 2.24) is 5.32 Å². The van der Waals surface area contributed by atoms with Crippen LogP contribution < -0.4 is 5.32 Å². The molecule has 0 aliphatic rings. The van der Waals surface area contributed by atoms with Crippen molar-refractivity contribution in [2.75, 3.05) is 13.1 Å². The largest absolute Gasteiger partial charge is 0.317 e. The molecule has 1 aromatic rings. The summed E-state index contributed by atoms with van der Waals surface area (Å²) in [6.45, 7) is 7.99. The van der Waals surface area contributed by atoms with Gasteiger partial charge in [0.15, 0.2) is 0 Å². The van der Waals surface area contributed by atoms with Gasteiger partial charge in [-0.05, 0) is 25.6 Å². The Morgan fingerprint density at radius 2 is 1.67 bits per heavy atom. The summed E-state index contributed by atoms with van der Waals surface area (Å²) in [6, 6.07) is 9.75. The van der Waals surface area contributed by atoms with Crippen molar-refractivity contribution in [3.63, 3.8) is 0 Å². The number of rotatable bonds is 4. The highest BCUT2D eigenvalue weighted by Gasteiger charge is 1.93. The van der Waals surface area contributed by atoms with Crippen molar-refractivity contribution < 1.29 is 4.79 Å². The third-order valence-corrected chi connectivity index (χ3v) is 1.80. The number of hydrogen-bond acceptors (Lipinski definition) is 2. The number of hydrogen-bond donors (Lipinski definition) is 1. The minimum atomic E-state index is 0.214. The van der Waals surface area contributed by atoms with Gasteiger partial charge in [0.2, 0.25) is 0 Å². The van der Waals surface area contributed by atoms with Crippen molar-refractivity contribution in [3.05, 3.63) is 35.9 Å². The van der Waals surface area contributed by atoms with Crippen LogP contribution in [0.25, 0.3) is 0 Å². The Morgan fingerprint density at radius 3 is 2.00 bits per heavy atom. The molecule has 0 heterocycles. The van der Waals surface area contributed by atoms with E-state index in [0.29, 0.717) is 6.42 Å². The third kappa shape index (κ3) is 9.16.